The van der Waals surface area contributed by atoms with Gasteiger partial charge in [0.25, 0.3) is 0 Å². The zero-order valence-corrected chi connectivity index (χ0v) is 14.3. The molecule has 0 aliphatic carbocycles. The van der Waals surface area contributed by atoms with Gasteiger partial charge in [0, 0.05) is 12.2 Å². The molecular formula is C19H20FN5. The fraction of sp³-hybridized carbons (Fsp3) is 0.211. The lowest BCUT2D eigenvalue weighted by atomic mass is 10.1. The summed E-state index contributed by atoms with van der Waals surface area (Å²) in [4.78, 5) is 4.38. The smallest absolute Gasteiger partial charge is 0.244 e. The normalized spacial score (nSPS) is 10.5. The van der Waals surface area contributed by atoms with E-state index >= 15 is 0 Å². The Labute approximate surface area is 146 Å². The second-order valence-electron chi connectivity index (χ2n) is 5.86. The molecule has 6 heteroatoms. The molecule has 0 fully saturated rings. The summed E-state index contributed by atoms with van der Waals surface area (Å²) in [5.41, 5.74) is 4.05. The van der Waals surface area contributed by atoms with E-state index in [-0.39, 0.29) is 5.82 Å². The number of anilines is 3. The third-order valence-corrected chi connectivity index (χ3v) is 3.97. The lowest BCUT2D eigenvalue weighted by Crippen LogP contribution is -2.10. The van der Waals surface area contributed by atoms with Crippen LogP contribution in [0.5, 0.6) is 0 Å². The van der Waals surface area contributed by atoms with Crippen molar-refractivity contribution in [1.82, 2.24) is 15.2 Å². The van der Waals surface area contributed by atoms with Crippen LogP contribution >= 0.6 is 0 Å². The molecule has 0 saturated carbocycles. The highest BCUT2D eigenvalue weighted by molar-refractivity contribution is 5.58. The molecule has 0 saturated heterocycles. The summed E-state index contributed by atoms with van der Waals surface area (Å²) in [6.07, 6.45) is 2.11. The van der Waals surface area contributed by atoms with Crippen LogP contribution in [0.1, 0.15) is 16.7 Å². The van der Waals surface area contributed by atoms with Gasteiger partial charge in [-0.15, -0.1) is 5.10 Å². The number of hydrogen-bond donors (Lipinski definition) is 2. The van der Waals surface area contributed by atoms with E-state index in [0.717, 1.165) is 5.69 Å². The van der Waals surface area contributed by atoms with Gasteiger partial charge in [-0.1, -0.05) is 24.3 Å². The fourth-order valence-electron chi connectivity index (χ4n) is 2.42. The van der Waals surface area contributed by atoms with E-state index < -0.39 is 0 Å². The predicted octanol–water partition coefficient (Wildman–Crippen LogP) is 4.03. The maximum absolute atomic E-state index is 13.6. The third kappa shape index (κ3) is 4.50. The molecule has 0 radical (unpaired) electrons. The monoisotopic (exact) mass is 337 g/mol. The number of nitrogens with one attached hydrogen (secondary N) is 2. The summed E-state index contributed by atoms with van der Waals surface area (Å²) >= 11 is 0. The standard InChI is InChI=1S/C19H20FN5/c1-13-7-8-16(11-14(13)2)23-18-12-22-25-19(24-18)21-10-9-15-5-3-4-6-17(15)20/h3-8,11-12H,9-10H2,1-2H3,(H2,21,23,24,25). The molecule has 0 atom stereocenters. The molecule has 1 heterocycles. The molecule has 0 aliphatic heterocycles. The molecule has 0 aliphatic rings. The molecule has 5 nitrogen and oxygen atoms in total. The SMILES string of the molecule is Cc1ccc(Nc2cnnc(NCCc3ccccc3F)n2)cc1C. The van der Waals surface area contributed by atoms with Crippen LogP contribution in [0.2, 0.25) is 0 Å². The first kappa shape index (κ1) is 16.8. The van der Waals surface area contributed by atoms with E-state index in [4.69, 9.17) is 0 Å². The Morgan fingerprint density at radius 2 is 1.88 bits per heavy atom. The number of rotatable bonds is 6. The summed E-state index contributed by atoms with van der Waals surface area (Å²) in [6.45, 7) is 4.66. The lowest BCUT2D eigenvalue weighted by Gasteiger charge is -2.09. The van der Waals surface area contributed by atoms with Crippen LogP contribution in [0.4, 0.5) is 21.8 Å². The Balaban J connectivity index is 1.61. The highest BCUT2D eigenvalue weighted by Gasteiger charge is 2.04. The summed E-state index contributed by atoms with van der Waals surface area (Å²) in [5, 5.41) is 14.2. The van der Waals surface area contributed by atoms with Crippen molar-refractivity contribution >= 4 is 17.5 Å². The maximum Gasteiger partial charge on any atom is 0.244 e. The van der Waals surface area contributed by atoms with Gasteiger partial charge in [0.05, 0.1) is 6.20 Å². The molecular weight excluding hydrogens is 317 g/mol. The van der Waals surface area contributed by atoms with Gasteiger partial charge in [-0.25, -0.2) is 4.39 Å². The van der Waals surface area contributed by atoms with Gasteiger partial charge in [-0.3, -0.25) is 0 Å². The minimum atomic E-state index is -0.200. The predicted molar refractivity (Wildman–Crippen MR) is 97.6 cm³/mol. The van der Waals surface area contributed by atoms with Crippen molar-refractivity contribution in [3.8, 4) is 0 Å². The summed E-state index contributed by atoms with van der Waals surface area (Å²) in [6, 6.07) is 12.8. The van der Waals surface area contributed by atoms with Gasteiger partial charge < -0.3 is 10.6 Å². The van der Waals surface area contributed by atoms with Crippen LogP contribution in [0.15, 0.2) is 48.7 Å². The van der Waals surface area contributed by atoms with E-state index in [0.29, 0.717) is 30.3 Å². The highest BCUT2D eigenvalue weighted by atomic mass is 19.1. The average Bonchev–Trinajstić information content (AvgIpc) is 2.60. The van der Waals surface area contributed by atoms with E-state index in [1.165, 1.54) is 17.2 Å². The third-order valence-electron chi connectivity index (χ3n) is 3.97. The number of nitrogens with zero attached hydrogens (tertiary/aromatic N) is 3. The number of benzene rings is 2. The number of halogens is 1. The highest BCUT2D eigenvalue weighted by Crippen LogP contribution is 2.18. The largest absolute Gasteiger partial charge is 0.353 e. The van der Waals surface area contributed by atoms with Crippen molar-refractivity contribution < 1.29 is 4.39 Å². The Bertz CT molecular complexity index is 866. The topological polar surface area (TPSA) is 62.7 Å². The Morgan fingerprint density at radius 3 is 2.68 bits per heavy atom. The molecule has 2 aromatic carbocycles. The maximum atomic E-state index is 13.6. The van der Waals surface area contributed by atoms with Gasteiger partial charge in [0.1, 0.15) is 5.82 Å². The second kappa shape index (κ2) is 7.70. The molecule has 0 bridgehead atoms. The van der Waals surface area contributed by atoms with Crippen molar-refractivity contribution in [2.45, 2.75) is 20.3 Å². The van der Waals surface area contributed by atoms with Crippen LogP contribution < -0.4 is 10.6 Å². The van der Waals surface area contributed by atoms with Crippen LogP contribution in [0.3, 0.4) is 0 Å². The van der Waals surface area contributed by atoms with Crippen molar-refractivity contribution in [3.63, 3.8) is 0 Å². The van der Waals surface area contributed by atoms with Gasteiger partial charge in [0.2, 0.25) is 5.95 Å². The van der Waals surface area contributed by atoms with Crippen LogP contribution in [0, 0.1) is 19.7 Å². The zero-order chi connectivity index (χ0) is 17.6. The van der Waals surface area contributed by atoms with Crippen molar-refractivity contribution in [2.75, 3.05) is 17.2 Å². The minimum Gasteiger partial charge on any atom is -0.353 e. The Hall–Kier alpha value is -3.02. The van der Waals surface area contributed by atoms with E-state index in [9.17, 15) is 4.39 Å². The lowest BCUT2D eigenvalue weighted by molar-refractivity contribution is 0.610. The van der Waals surface area contributed by atoms with Crippen LogP contribution in [-0.4, -0.2) is 21.7 Å². The Morgan fingerprint density at radius 1 is 1.04 bits per heavy atom. The molecule has 0 unspecified atom stereocenters. The van der Waals surface area contributed by atoms with E-state index in [1.54, 1.807) is 18.3 Å². The summed E-state index contributed by atoms with van der Waals surface area (Å²) < 4.78 is 13.6. The minimum absolute atomic E-state index is 0.200. The Kier molecular flexibility index (Phi) is 5.18. The molecule has 0 spiro atoms. The van der Waals surface area contributed by atoms with Gasteiger partial charge in [-0.2, -0.15) is 10.1 Å². The quantitative estimate of drug-likeness (QED) is 0.711. The number of aryl methyl sites for hydroxylation is 2. The van der Waals surface area contributed by atoms with E-state index in [1.807, 2.05) is 12.1 Å². The van der Waals surface area contributed by atoms with Crippen LogP contribution in [-0.2, 0) is 6.42 Å². The first-order chi connectivity index (χ1) is 12.1. The van der Waals surface area contributed by atoms with Gasteiger partial charge in [-0.05, 0) is 55.2 Å². The number of aromatic nitrogens is 3. The molecule has 3 aromatic rings. The molecule has 2 N–H and O–H groups in total. The van der Waals surface area contributed by atoms with Crippen LogP contribution in [0.25, 0.3) is 0 Å². The molecule has 3 rings (SSSR count). The average molecular weight is 337 g/mol. The summed E-state index contributed by atoms with van der Waals surface area (Å²) in [5.74, 6) is 0.810. The molecule has 25 heavy (non-hydrogen) atoms. The molecule has 0 amide bonds. The van der Waals surface area contributed by atoms with Crippen molar-refractivity contribution in [2.24, 2.45) is 0 Å². The van der Waals surface area contributed by atoms with Crippen molar-refractivity contribution in [1.29, 1.82) is 0 Å². The second-order valence-corrected chi connectivity index (χ2v) is 5.86. The van der Waals surface area contributed by atoms with Gasteiger partial charge in [0.15, 0.2) is 5.82 Å². The molecule has 128 valence electrons. The zero-order valence-electron chi connectivity index (χ0n) is 14.3. The van der Waals surface area contributed by atoms with Crippen molar-refractivity contribution in [3.05, 3.63) is 71.2 Å². The number of hydrogen-bond acceptors (Lipinski definition) is 5. The van der Waals surface area contributed by atoms with E-state index in [2.05, 4.69) is 51.8 Å². The fourth-order valence-corrected chi connectivity index (χ4v) is 2.42. The van der Waals surface area contributed by atoms with Gasteiger partial charge >= 0.3 is 0 Å². The first-order valence-electron chi connectivity index (χ1n) is 8.13. The first-order valence-corrected chi connectivity index (χ1v) is 8.13. The molecule has 1 aromatic heterocycles. The summed E-state index contributed by atoms with van der Waals surface area (Å²) in [7, 11) is 0.